The van der Waals surface area contributed by atoms with E-state index in [2.05, 4.69) is 15.8 Å². The van der Waals surface area contributed by atoms with Crippen molar-refractivity contribution in [1.82, 2.24) is 15.8 Å². The molecule has 0 saturated carbocycles. The number of hydrogen-bond donors (Lipinski definition) is 2. The number of amides is 2. The van der Waals surface area contributed by atoms with Crippen LogP contribution in [-0.2, 0) is 4.79 Å². The molecule has 150 valence electrons. The molecule has 0 radical (unpaired) electrons. The number of hydrogen-bond acceptors (Lipinski definition) is 5. The standard InChI is InChI=1S/C22H23N3O3S/c1-15-10-12-18(13-11-15)28-14-6-9-19(26)24-25-21(27)20-16(2)23-22(29-20)17-7-4-3-5-8-17/h3-5,7-8,10-13H,6,9,14H2,1-2H3,(H,24,26)(H,25,27). The van der Waals surface area contributed by atoms with Gasteiger partial charge < -0.3 is 4.74 Å². The minimum absolute atomic E-state index is 0.253. The number of rotatable bonds is 7. The van der Waals surface area contributed by atoms with Gasteiger partial charge in [-0.3, -0.25) is 20.4 Å². The number of nitrogens with one attached hydrogen (secondary N) is 2. The summed E-state index contributed by atoms with van der Waals surface area (Å²) in [7, 11) is 0. The Balaban J connectivity index is 1.42. The normalized spacial score (nSPS) is 10.4. The predicted octanol–water partition coefficient (Wildman–Crippen LogP) is 4.05. The molecule has 29 heavy (non-hydrogen) atoms. The van der Waals surface area contributed by atoms with Crippen LogP contribution >= 0.6 is 11.3 Å². The van der Waals surface area contributed by atoms with E-state index >= 15 is 0 Å². The van der Waals surface area contributed by atoms with Gasteiger partial charge in [0, 0.05) is 12.0 Å². The molecule has 0 aliphatic heterocycles. The second-order valence-electron chi connectivity index (χ2n) is 6.57. The highest BCUT2D eigenvalue weighted by atomic mass is 32.1. The predicted molar refractivity (Wildman–Crippen MR) is 114 cm³/mol. The van der Waals surface area contributed by atoms with Gasteiger partial charge in [-0.05, 0) is 32.4 Å². The van der Waals surface area contributed by atoms with Crippen molar-refractivity contribution in [2.75, 3.05) is 6.61 Å². The van der Waals surface area contributed by atoms with Crippen molar-refractivity contribution in [3.05, 3.63) is 70.7 Å². The molecule has 1 aromatic heterocycles. The number of ether oxygens (including phenoxy) is 1. The van der Waals surface area contributed by atoms with Gasteiger partial charge in [-0.25, -0.2) is 4.98 Å². The molecule has 0 atom stereocenters. The van der Waals surface area contributed by atoms with Crippen LogP contribution in [0.1, 0.15) is 33.8 Å². The molecular weight excluding hydrogens is 386 g/mol. The molecule has 0 saturated heterocycles. The Morgan fingerprint density at radius 2 is 1.72 bits per heavy atom. The van der Waals surface area contributed by atoms with Crippen LogP contribution < -0.4 is 15.6 Å². The molecule has 2 amide bonds. The van der Waals surface area contributed by atoms with Gasteiger partial charge in [-0.1, -0.05) is 48.0 Å². The largest absolute Gasteiger partial charge is 0.494 e. The molecule has 1 heterocycles. The van der Waals surface area contributed by atoms with Crippen molar-refractivity contribution in [3.8, 4) is 16.3 Å². The van der Waals surface area contributed by atoms with Crippen LogP contribution in [-0.4, -0.2) is 23.4 Å². The Morgan fingerprint density at radius 3 is 2.45 bits per heavy atom. The molecule has 3 aromatic rings. The average molecular weight is 410 g/mol. The molecule has 0 unspecified atom stereocenters. The summed E-state index contributed by atoms with van der Waals surface area (Å²) < 4.78 is 5.59. The highest BCUT2D eigenvalue weighted by Crippen LogP contribution is 2.27. The number of aromatic nitrogens is 1. The van der Waals surface area contributed by atoms with Gasteiger partial charge in [0.1, 0.15) is 15.6 Å². The zero-order chi connectivity index (χ0) is 20.6. The molecule has 0 spiro atoms. The van der Waals surface area contributed by atoms with Crippen molar-refractivity contribution < 1.29 is 14.3 Å². The first-order valence-corrected chi connectivity index (χ1v) is 10.2. The van der Waals surface area contributed by atoms with E-state index in [1.54, 1.807) is 6.92 Å². The Bertz CT molecular complexity index is 969. The third-order valence-corrected chi connectivity index (χ3v) is 5.38. The third-order valence-electron chi connectivity index (χ3n) is 4.18. The quantitative estimate of drug-likeness (QED) is 0.456. The zero-order valence-electron chi connectivity index (χ0n) is 16.4. The summed E-state index contributed by atoms with van der Waals surface area (Å²) in [5.74, 6) is 0.141. The van der Waals surface area contributed by atoms with Gasteiger partial charge >= 0.3 is 0 Å². The summed E-state index contributed by atoms with van der Waals surface area (Å²) in [6.07, 6.45) is 0.802. The Labute approximate surface area is 173 Å². The van der Waals surface area contributed by atoms with E-state index in [-0.39, 0.29) is 18.2 Å². The summed E-state index contributed by atoms with van der Waals surface area (Å²) in [5, 5.41) is 0.771. The Morgan fingerprint density at radius 1 is 1.00 bits per heavy atom. The van der Waals surface area contributed by atoms with Gasteiger partial charge in [0.25, 0.3) is 5.91 Å². The Kier molecular flexibility index (Phi) is 6.97. The first-order valence-electron chi connectivity index (χ1n) is 9.34. The van der Waals surface area contributed by atoms with E-state index in [0.717, 1.165) is 16.3 Å². The smallest absolute Gasteiger partial charge is 0.281 e. The molecule has 0 bridgehead atoms. The van der Waals surface area contributed by atoms with Gasteiger partial charge in [0.15, 0.2) is 0 Å². The van der Waals surface area contributed by atoms with E-state index in [4.69, 9.17) is 4.74 Å². The highest BCUT2D eigenvalue weighted by molar-refractivity contribution is 7.17. The van der Waals surface area contributed by atoms with E-state index in [9.17, 15) is 9.59 Å². The topological polar surface area (TPSA) is 80.3 Å². The molecule has 6 nitrogen and oxygen atoms in total. The second-order valence-corrected chi connectivity index (χ2v) is 7.57. The van der Waals surface area contributed by atoms with Crippen molar-refractivity contribution in [3.63, 3.8) is 0 Å². The second kappa shape index (κ2) is 9.84. The summed E-state index contributed by atoms with van der Waals surface area (Å²) in [6, 6.07) is 17.4. The first-order chi connectivity index (χ1) is 14.0. The van der Waals surface area contributed by atoms with Crippen LogP contribution in [0.15, 0.2) is 54.6 Å². The molecule has 2 N–H and O–H groups in total. The van der Waals surface area contributed by atoms with Crippen molar-refractivity contribution in [2.45, 2.75) is 26.7 Å². The molecule has 3 rings (SSSR count). The number of benzene rings is 2. The SMILES string of the molecule is Cc1ccc(OCCCC(=O)NNC(=O)c2sc(-c3ccccc3)nc2C)cc1. The summed E-state index contributed by atoms with van der Waals surface area (Å²) in [6.45, 7) is 4.22. The van der Waals surface area contributed by atoms with Crippen molar-refractivity contribution in [1.29, 1.82) is 0 Å². The van der Waals surface area contributed by atoms with E-state index in [1.807, 2.05) is 61.5 Å². The molecule has 0 aliphatic rings. The maximum absolute atomic E-state index is 12.4. The van der Waals surface area contributed by atoms with Gasteiger partial charge in [0.05, 0.1) is 12.3 Å². The average Bonchev–Trinajstić information content (AvgIpc) is 3.13. The summed E-state index contributed by atoms with van der Waals surface area (Å²) in [4.78, 5) is 29.3. The van der Waals surface area contributed by atoms with Gasteiger partial charge in [-0.2, -0.15) is 0 Å². The van der Waals surface area contributed by atoms with E-state index in [0.29, 0.717) is 23.6 Å². The fraction of sp³-hybridized carbons (Fsp3) is 0.227. The van der Waals surface area contributed by atoms with Crippen LogP contribution in [0.5, 0.6) is 5.75 Å². The lowest BCUT2D eigenvalue weighted by Gasteiger charge is -2.08. The lowest BCUT2D eigenvalue weighted by molar-refractivity contribution is -0.122. The number of aryl methyl sites for hydroxylation is 2. The molecule has 0 aliphatic carbocycles. The fourth-order valence-corrected chi connectivity index (χ4v) is 3.58. The minimum atomic E-state index is -0.369. The van der Waals surface area contributed by atoms with Crippen LogP contribution in [0.2, 0.25) is 0 Å². The van der Waals surface area contributed by atoms with Gasteiger partial charge in [-0.15, -0.1) is 11.3 Å². The summed E-state index contributed by atoms with van der Waals surface area (Å²) in [5.41, 5.74) is 7.66. The number of nitrogens with zero attached hydrogens (tertiary/aromatic N) is 1. The molecule has 0 fully saturated rings. The first kappa shape index (κ1) is 20.5. The van der Waals surface area contributed by atoms with Crippen LogP contribution in [0, 0.1) is 13.8 Å². The van der Waals surface area contributed by atoms with Crippen molar-refractivity contribution in [2.24, 2.45) is 0 Å². The van der Waals surface area contributed by atoms with Crippen LogP contribution in [0.4, 0.5) is 0 Å². The number of carbonyl (C=O) groups excluding carboxylic acids is 2. The maximum Gasteiger partial charge on any atom is 0.281 e. The van der Waals surface area contributed by atoms with Gasteiger partial charge in [0.2, 0.25) is 5.91 Å². The molecule has 2 aromatic carbocycles. The third kappa shape index (κ3) is 5.89. The van der Waals surface area contributed by atoms with Crippen LogP contribution in [0.25, 0.3) is 10.6 Å². The lowest BCUT2D eigenvalue weighted by atomic mass is 10.2. The number of hydrazine groups is 1. The minimum Gasteiger partial charge on any atom is -0.494 e. The van der Waals surface area contributed by atoms with E-state index < -0.39 is 0 Å². The molecule has 7 heteroatoms. The fourth-order valence-electron chi connectivity index (χ4n) is 2.61. The maximum atomic E-state index is 12.4. The highest BCUT2D eigenvalue weighted by Gasteiger charge is 2.16. The summed E-state index contributed by atoms with van der Waals surface area (Å²) >= 11 is 1.30. The monoisotopic (exact) mass is 409 g/mol. The van der Waals surface area contributed by atoms with Crippen LogP contribution in [0.3, 0.4) is 0 Å². The van der Waals surface area contributed by atoms with E-state index in [1.165, 1.54) is 16.9 Å². The Hall–Kier alpha value is -3.19. The lowest BCUT2D eigenvalue weighted by Crippen LogP contribution is -2.41. The van der Waals surface area contributed by atoms with Crippen molar-refractivity contribution >= 4 is 23.2 Å². The number of thiazole rings is 1. The molecular formula is C22H23N3O3S. The zero-order valence-corrected chi connectivity index (χ0v) is 17.2. The number of carbonyl (C=O) groups is 2.